The molecule has 0 saturated heterocycles. The Morgan fingerprint density at radius 1 is 1.29 bits per heavy atom. The highest BCUT2D eigenvalue weighted by Gasteiger charge is 2.12. The summed E-state index contributed by atoms with van der Waals surface area (Å²) < 4.78 is 3.93. The van der Waals surface area contributed by atoms with Crippen LogP contribution < -0.4 is 5.32 Å². The Hall–Kier alpha value is -1.26. The van der Waals surface area contributed by atoms with Crippen LogP contribution in [0.5, 0.6) is 0 Å². The first kappa shape index (κ1) is 12.2. The van der Waals surface area contributed by atoms with Crippen molar-refractivity contribution in [3.63, 3.8) is 0 Å². The van der Waals surface area contributed by atoms with Gasteiger partial charge in [0.25, 0.3) is 0 Å². The van der Waals surface area contributed by atoms with Crippen LogP contribution in [-0.4, -0.2) is 16.1 Å². The van der Waals surface area contributed by atoms with Crippen LogP contribution in [0.3, 0.4) is 0 Å². The summed E-state index contributed by atoms with van der Waals surface area (Å²) in [5.74, 6) is 0. The van der Waals surface area contributed by atoms with Gasteiger partial charge in [-0.3, -0.25) is 0 Å². The van der Waals surface area contributed by atoms with E-state index in [1.165, 1.54) is 22.0 Å². The van der Waals surface area contributed by atoms with Crippen molar-refractivity contribution in [3.05, 3.63) is 47.0 Å². The minimum Gasteiger partial charge on any atom is -0.309 e. The second kappa shape index (κ2) is 6.47. The third-order valence-electron chi connectivity index (χ3n) is 2.74. The van der Waals surface area contributed by atoms with Crippen molar-refractivity contribution >= 4 is 11.5 Å². The Morgan fingerprint density at radius 2 is 2.12 bits per heavy atom. The second-order valence-electron chi connectivity index (χ2n) is 3.95. The molecule has 1 atom stereocenters. The number of nitrogens with zero attached hydrogens (tertiary/aromatic N) is 2. The van der Waals surface area contributed by atoms with Crippen molar-refractivity contribution in [2.75, 3.05) is 6.54 Å². The smallest absolute Gasteiger partial charge is 0.0669 e. The standard InChI is InChI=1S/C13H17N3S/c1-2-14-12(13-10-15-16-17-13)9-8-11-6-4-3-5-7-11/h3-7,10,12,14H,2,8-9H2,1H3. The van der Waals surface area contributed by atoms with Crippen LogP contribution in [0.25, 0.3) is 0 Å². The zero-order valence-corrected chi connectivity index (χ0v) is 10.8. The summed E-state index contributed by atoms with van der Waals surface area (Å²) in [4.78, 5) is 1.22. The van der Waals surface area contributed by atoms with Crippen LogP contribution in [0, 0.1) is 0 Å². The highest BCUT2D eigenvalue weighted by atomic mass is 32.1. The number of nitrogens with one attached hydrogen (secondary N) is 1. The van der Waals surface area contributed by atoms with Crippen molar-refractivity contribution < 1.29 is 0 Å². The molecule has 0 bridgehead atoms. The van der Waals surface area contributed by atoms with Gasteiger partial charge in [0, 0.05) is 6.04 Å². The summed E-state index contributed by atoms with van der Waals surface area (Å²) in [5.41, 5.74) is 1.38. The quantitative estimate of drug-likeness (QED) is 0.853. The van der Waals surface area contributed by atoms with Gasteiger partial charge >= 0.3 is 0 Å². The predicted octanol–water partition coefficient (Wildman–Crippen LogP) is 2.82. The molecule has 0 aliphatic rings. The van der Waals surface area contributed by atoms with E-state index >= 15 is 0 Å². The van der Waals surface area contributed by atoms with Crippen LogP contribution in [0.2, 0.25) is 0 Å². The topological polar surface area (TPSA) is 37.8 Å². The van der Waals surface area contributed by atoms with E-state index in [9.17, 15) is 0 Å². The molecule has 3 nitrogen and oxygen atoms in total. The van der Waals surface area contributed by atoms with Gasteiger partial charge in [0.15, 0.2) is 0 Å². The largest absolute Gasteiger partial charge is 0.309 e. The van der Waals surface area contributed by atoms with Gasteiger partial charge in [-0.2, -0.15) is 0 Å². The maximum Gasteiger partial charge on any atom is 0.0669 e. The molecule has 0 fully saturated rings. The number of aromatic nitrogens is 2. The molecule has 1 aromatic heterocycles. The number of aryl methyl sites for hydroxylation is 1. The maximum absolute atomic E-state index is 3.93. The van der Waals surface area contributed by atoms with Gasteiger partial charge in [-0.25, -0.2) is 0 Å². The Labute approximate surface area is 106 Å². The number of hydrogen-bond acceptors (Lipinski definition) is 4. The Kier molecular flexibility index (Phi) is 4.64. The van der Waals surface area contributed by atoms with Crippen molar-refractivity contribution in [1.29, 1.82) is 0 Å². The molecule has 0 spiro atoms. The number of benzene rings is 1. The Balaban J connectivity index is 1.95. The summed E-state index contributed by atoms with van der Waals surface area (Å²) in [6.45, 7) is 3.10. The molecule has 2 rings (SSSR count). The lowest BCUT2D eigenvalue weighted by atomic mass is 10.0. The summed E-state index contributed by atoms with van der Waals surface area (Å²) >= 11 is 1.48. The van der Waals surface area contributed by atoms with E-state index in [4.69, 9.17) is 0 Å². The van der Waals surface area contributed by atoms with Crippen LogP contribution in [-0.2, 0) is 6.42 Å². The second-order valence-corrected chi connectivity index (χ2v) is 4.77. The number of hydrogen-bond donors (Lipinski definition) is 1. The average Bonchev–Trinajstić information content (AvgIpc) is 2.89. The van der Waals surface area contributed by atoms with Gasteiger partial charge < -0.3 is 5.32 Å². The lowest BCUT2D eigenvalue weighted by Crippen LogP contribution is -2.20. The molecule has 0 saturated carbocycles. The van der Waals surface area contributed by atoms with E-state index in [2.05, 4.69) is 52.2 Å². The SMILES string of the molecule is CCNC(CCc1ccccc1)c1cnns1. The fourth-order valence-corrected chi connectivity index (χ4v) is 2.49. The minimum absolute atomic E-state index is 0.375. The van der Waals surface area contributed by atoms with Gasteiger partial charge in [0.05, 0.1) is 11.1 Å². The first-order chi connectivity index (χ1) is 8.40. The van der Waals surface area contributed by atoms with Crippen LogP contribution >= 0.6 is 11.5 Å². The lowest BCUT2D eigenvalue weighted by Gasteiger charge is -2.15. The van der Waals surface area contributed by atoms with Crippen molar-refractivity contribution in [2.45, 2.75) is 25.8 Å². The molecule has 2 aromatic rings. The highest BCUT2D eigenvalue weighted by molar-refractivity contribution is 7.05. The molecular weight excluding hydrogens is 230 g/mol. The van der Waals surface area contributed by atoms with Crippen LogP contribution in [0.1, 0.15) is 29.8 Å². The molecular formula is C13H17N3S. The average molecular weight is 247 g/mol. The molecule has 0 aliphatic carbocycles. The maximum atomic E-state index is 3.93. The van der Waals surface area contributed by atoms with E-state index in [0.29, 0.717) is 6.04 Å². The summed E-state index contributed by atoms with van der Waals surface area (Å²) in [6.07, 6.45) is 4.03. The zero-order chi connectivity index (χ0) is 11.9. The van der Waals surface area contributed by atoms with E-state index < -0.39 is 0 Å². The predicted molar refractivity (Wildman–Crippen MR) is 71.1 cm³/mol. The number of rotatable bonds is 6. The van der Waals surface area contributed by atoms with Gasteiger partial charge in [0.2, 0.25) is 0 Å². The van der Waals surface area contributed by atoms with E-state index in [1.807, 2.05) is 6.20 Å². The summed E-state index contributed by atoms with van der Waals surface area (Å²) in [5, 5.41) is 7.39. The fraction of sp³-hybridized carbons (Fsp3) is 0.385. The molecule has 90 valence electrons. The van der Waals surface area contributed by atoms with Gasteiger partial charge in [-0.15, -0.1) is 5.10 Å². The highest BCUT2D eigenvalue weighted by Crippen LogP contribution is 2.20. The van der Waals surface area contributed by atoms with Crippen molar-refractivity contribution in [1.82, 2.24) is 14.9 Å². The van der Waals surface area contributed by atoms with E-state index in [-0.39, 0.29) is 0 Å². The molecule has 0 amide bonds. The van der Waals surface area contributed by atoms with Gasteiger partial charge in [0.1, 0.15) is 0 Å². The lowest BCUT2D eigenvalue weighted by molar-refractivity contribution is 0.522. The molecule has 1 unspecified atom stereocenters. The Morgan fingerprint density at radius 3 is 2.76 bits per heavy atom. The molecule has 4 heteroatoms. The third-order valence-corrected chi connectivity index (χ3v) is 3.51. The fourth-order valence-electron chi connectivity index (χ4n) is 1.88. The van der Waals surface area contributed by atoms with Crippen molar-refractivity contribution in [3.8, 4) is 0 Å². The minimum atomic E-state index is 0.375. The molecule has 1 N–H and O–H groups in total. The van der Waals surface area contributed by atoms with Crippen LogP contribution in [0.15, 0.2) is 36.5 Å². The summed E-state index contributed by atoms with van der Waals surface area (Å²) in [6, 6.07) is 11.0. The zero-order valence-electron chi connectivity index (χ0n) is 9.97. The van der Waals surface area contributed by atoms with E-state index in [0.717, 1.165) is 19.4 Å². The molecule has 1 aromatic carbocycles. The summed E-state index contributed by atoms with van der Waals surface area (Å²) in [7, 11) is 0. The van der Waals surface area contributed by atoms with Crippen molar-refractivity contribution in [2.24, 2.45) is 0 Å². The normalized spacial score (nSPS) is 12.5. The van der Waals surface area contributed by atoms with E-state index in [1.54, 1.807) is 0 Å². The molecule has 0 aliphatic heterocycles. The first-order valence-corrected chi connectivity index (χ1v) is 6.72. The first-order valence-electron chi connectivity index (χ1n) is 5.94. The van der Waals surface area contributed by atoms with Gasteiger partial charge in [-0.1, -0.05) is 41.7 Å². The van der Waals surface area contributed by atoms with Gasteiger partial charge in [-0.05, 0) is 36.5 Å². The molecule has 0 radical (unpaired) electrons. The molecule has 17 heavy (non-hydrogen) atoms. The monoisotopic (exact) mass is 247 g/mol. The van der Waals surface area contributed by atoms with Crippen LogP contribution in [0.4, 0.5) is 0 Å². The third kappa shape index (κ3) is 3.61. The molecule has 1 heterocycles. The Bertz CT molecular complexity index is 413.